The molecule has 1 aliphatic heterocycles. The van der Waals surface area contributed by atoms with Crippen molar-refractivity contribution < 1.29 is 9.84 Å². The van der Waals surface area contributed by atoms with Crippen LogP contribution >= 0.6 is 11.8 Å². The third-order valence-corrected chi connectivity index (χ3v) is 4.39. The zero-order chi connectivity index (χ0) is 12.7. The quantitative estimate of drug-likeness (QED) is 0.622. The van der Waals surface area contributed by atoms with Crippen LogP contribution in [0.1, 0.15) is 20.3 Å². The van der Waals surface area contributed by atoms with E-state index >= 15 is 0 Å². The standard InChI is InChI=1S/C12H26N2O2S/c1-9(6-11-8-16-5-4-13-11)14-10(2)12(7-15)17-3/h9-15H,4-8H2,1-3H3. The first-order valence-electron chi connectivity index (χ1n) is 6.38. The van der Waals surface area contributed by atoms with E-state index < -0.39 is 0 Å². The average Bonchev–Trinajstić information content (AvgIpc) is 2.31. The molecule has 1 saturated heterocycles. The number of hydrogen-bond donors (Lipinski definition) is 3. The summed E-state index contributed by atoms with van der Waals surface area (Å²) in [7, 11) is 0. The average molecular weight is 262 g/mol. The van der Waals surface area contributed by atoms with Gasteiger partial charge in [0.2, 0.25) is 0 Å². The molecule has 0 saturated carbocycles. The predicted octanol–water partition coefficient (Wildman–Crippen LogP) is 0.455. The van der Waals surface area contributed by atoms with E-state index in [4.69, 9.17) is 4.74 Å². The second-order valence-electron chi connectivity index (χ2n) is 4.77. The van der Waals surface area contributed by atoms with Gasteiger partial charge in [-0.1, -0.05) is 0 Å². The molecule has 1 heterocycles. The Morgan fingerprint density at radius 2 is 2.29 bits per heavy atom. The van der Waals surface area contributed by atoms with Gasteiger partial charge in [0.1, 0.15) is 0 Å². The van der Waals surface area contributed by atoms with Crippen LogP contribution in [-0.4, -0.2) is 61.1 Å². The maximum Gasteiger partial charge on any atom is 0.0620 e. The van der Waals surface area contributed by atoms with Crippen molar-refractivity contribution in [1.82, 2.24) is 10.6 Å². The molecular formula is C12H26N2O2S. The summed E-state index contributed by atoms with van der Waals surface area (Å²) >= 11 is 1.71. The number of ether oxygens (including phenoxy) is 1. The predicted molar refractivity (Wildman–Crippen MR) is 73.7 cm³/mol. The Labute approximate surface area is 109 Å². The van der Waals surface area contributed by atoms with Gasteiger partial charge in [0.05, 0.1) is 19.8 Å². The van der Waals surface area contributed by atoms with E-state index in [9.17, 15) is 5.11 Å². The molecule has 1 fully saturated rings. The molecule has 4 atom stereocenters. The molecule has 102 valence electrons. The van der Waals surface area contributed by atoms with Crippen LogP contribution in [0.15, 0.2) is 0 Å². The first-order valence-corrected chi connectivity index (χ1v) is 7.67. The first kappa shape index (κ1) is 15.2. The lowest BCUT2D eigenvalue weighted by Crippen LogP contribution is -2.48. The second kappa shape index (κ2) is 8.32. The van der Waals surface area contributed by atoms with E-state index in [0.717, 1.165) is 26.2 Å². The van der Waals surface area contributed by atoms with Crippen molar-refractivity contribution in [2.24, 2.45) is 0 Å². The normalized spacial score (nSPS) is 26.5. The highest BCUT2D eigenvalue weighted by Gasteiger charge is 2.20. The van der Waals surface area contributed by atoms with Crippen LogP contribution in [0.2, 0.25) is 0 Å². The van der Waals surface area contributed by atoms with Crippen molar-refractivity contribution in [3.8, 4) is 0 Å². The van der Waals surface area contributed by atoms with Gasteiger partial charge >= 0.3 is 0 Å². The number of nitrogens with one attached hydrogen (secondary N) is 2. The van der Waals surface area contributed by atoms with E-state index in [0.29, 0.717) is 18.1 Å². The molecular weight excluding hydrogens is 236 g/mol. The molecule has 0 aromatic carbocycles. The van der Waals surface area contributed by atoms with Crippen molar-refractivity contribution in [2.75, 3.05) is 32.6 Å². The molecule has 0 spiro atoms. The number of hydrogen-bond acceptors (Lipinski definition) is 5. The Morgan fingerprint density at radius 3 is 2.82 bits per heavy atom. The Hall–Kier alpha value is 0.190. The van der Waals surface area contributed by atoms with Gasteiger partial charge in [0.25, 0.3) is 0 Å². The van der Waals surface area contributed by atoms with Crippen LogP contribution in [-0.2, 0) is 4.74 Å². The topological polar surface area (TPSA) is 53.5 Å². The van der Waals surface area contributed by atoms with E-state index in [-0.39, 0.29) is 11.9 Å². The van der Waals surface area contributed by atoms with Crippen molar-refractivity contribution >= 4 is 11.8 Å². The minimum atomic E-state index is 0.229. The van der Waals surface area contributed by atoms with Gasteiger partial charge in [-0.15, -0.1) is 0 Å². The number of aliphatic hydroxyl groups excluding tert-OH is 1. The zero-order valence-corrected chi connectivity index (χ0v) is 11.9. The van der Waals surface area contributed by atoms with Crippen molar-refractivity contribution in [3.05, 3.63) is 0 Å². The van der Waals surface area contributed by atoms with Crippen LogP contribution in [0.4, 0.5) is 0 Å². The van der Waals surface area contributed by atoms with Gasteiger partial charge in [0, 0.05) is 29.9 Å². The van der Waals surface area contributed by atoms with Crippen molar-refractivity contribution in [1.29, 1.82) is 0 Å². The van der Waals surface area contributed by atoms with E-state index in [1.807, 2.05) is 6.26 Å². The second-order valence-corrected chi connectivity index (χ2v) is 5.85. The molecule has 0 bridgehead atoms. The number of rotatable bonds is 7. The highest BCUT2D eigenvalue weighted by Crippen LogP contribution is 2.12. The molecule has 4 nitrogen and oxygen atoms in total. The Morgan fingerprint density at radius 1 is 1.53 bits per heavy atom. The zero-order valence-electron chi connectivity index (χ0n) is 11.1. The molecule has 17 heavy (non-hydrogen) atoms. The van der Waals surface area contributed by atoms with E-state index in [1.165, 1.54) is 0 Å². The summed E-state index contributed by atoms with van der Waals surface area (Å²) in [6, 6.07) is 1.22. The molecule has 0 aliphatic carbocycles. The van der Waals surface area contributed by atoms with Crippen molar-refractivity contribution in [3.63, 3.8) is 0 Å². The summed E-state index contributed by atoms with van der Waals surface area (Å²) < 4.78 is 5.44. The summed E-state index contributed by atoms with van der Waals surface area (Å²) in [6.07, 6.45) is 3.11. The molecule has 4 unspecified atom stereocenters. The molecule has 0 radical (unpaired) electrons. The van der Waals surface area contributed by atoms with E-state index in [1.54, 1.807) is 11.8 Å². The summed E-state index contributed by atoms with van der Waals surface area (Å²) in [5.74, 6) is 0. The Bertz CT molecular complexity index is 197. The van der Waals surface area contributed by atoms with E-state index in [2.05, 4.69) is 24.5 Å². The molecule has 0 aromatic rings. The van der Waals surface area contributed by atoms with Crippen LogP contribution in [0.3, 0.4) is 0 Å². The van der Waals surface area contributed by atoms with Gasteiger partial charge in [-0.2, -0.15) is 11.8 Å². The fourth-order valence-corrected chi connectivity index (χ4v) is 2.89. The number of thioether (sulfide) groups is 1. The minimum absolute atomic E-state index is 0.229. The Kier molecular flexibility index (Phi) is 7.46. The van der Waals surface area contributed by atoms with Crippen LogP contribution in [0.25, 0.3) is 0 Å². The first-order chi connectivity index (χ1) is 8.17. The van der Waals surface area contributed by atoms with Gasteiger partial charge in [-0.05, 0) is 26.5 Å². The van der Waals surface area contributed by atoms with Crippen LogP contribution in [0.5, 0.6) is 0 Å². The lowest BCUT2D eigenvalue weighted by molar-refractivity contribution is 0.0707. The summed E-state index contributed by atoms with van der Waals surface area (Å²) in [5, 5.41) is 16.5. The molecule has 0 aromatic heterocycles. The maximum atomic E-state index is 9.24. The van der Waals surface area contributed by atoms with Gasteiger partial charge in [-0.3, -0.25) is 0 Å². The van der Waals surface area contributed by atoms with Gasteiger partial charge in [0.15, 0.2) is 0 Å². The molecule has 0 amide bonds. The fourth-order valence-electron chi connectivity index (χ4n) is 2.26. The SMILES string of the molecule is CSC(CO)C(C)NC(C)CC1COCCN1. The maximum absolute atomic E-state index is 9.24. The summed E-state index contributed by atoms with van der Waals surface area (Å²) in [6.45, 7) is 7.16. The monoisotopic (exact) mass is 262 g/mol. The number of morpholine rings is 1. The van der Waals surface area contributed by atoms with Gasteiger partial charge < -0.3 is 20.5 Å². The smallest absolute Gasteiger partial charge is 0.0620 e. The largest absolute Gasteiger partial charge is 0.395 e. The third-order valence-electron chi connectivity index (χ3n) is 3.22. The number of aliphatic hydroxyl groups is 1. The molecule has 3 N–H and O–H groups in total. The molecule has 5 heteroatoms. The molecule has 1 aliphatic rings. The summed E-state index contributed by atoms with van der Waals surface area (Å²) in [4.78, 5) is 0. The fraction of sp³-hybridized carbons (Fsp3) is 1.00. The lowest BCUT2D eigenvalue weighted by Gasteiger charge is -2.30. The molecule has 1 rings (SSSR count). The lowest BCUT2D eigenvalue weighted by atomic mass is 10.1. The van der Waals surface area contributed by atoms with Crippen molar-refractivity contribution in [2.45, 2.75) is 43.6 Å². The highest BCUT2D eigenvalue weighted by molar-refractivity contribution is 7.99. The highest BCUT2D eigenvalue weighted by atomic mass is 32.2. The summed E-state index contributed by atoms with van der Waals surface area (Å²) in [5.41, 5.74) is 0. The van der Waals surface area contributed by atoms with Crippen LogP contribution < -0.4 is 10.6 Å². The van der Waals surface area contributed by atoms with Gasteiger partial charge in [-0.25, -0.2) is 0 Å². The van der Waals surface area contributed by atoms with Crippen LogP contribution in [0, 0.1) is 0 Å². The minimum Gasteiger partial charge on any atom is -0.395 e. The third kappa shape index (κ3) is 5.57. The Balaban J connectivity index is 2.24.